The summed E-state index contributed by atoms with van der Waals surface area (Å²) in [4.78, 5) is 0. The molecule has 0 heterocycles. The average molecular weight is 230 g/mol. The summed E-state index contributed by atoms with van der Waals surface area (Å²) in [5.41, 5.74) is 0. The number of ether oxygens (including phenoxy) is 1. The van der Waals surface area contributed by atoms with Crippen LogP contribution in [0, 0.1) is 5.92 Å². The maximum atomic E-state index is 9.62. The normalized spacial score (nSPS) is 15.0. The van der Waals surface area contributed by atoms with Crippen LogP contribution >= 0.6 is 0 Å². The van der Waals surface area contributed by atoms with E-state index in [0.29, 0.717) is 12.5 Å². The maximum Gasteiger partial charge on any atom is 0.0773 e. The Morgan fingerprint density at radius 2 is 1.56 bits per heavy atom. The fourth-order valence-corrected chi connectivity index (χ4v) is 1.79. The fraction of sp³-hybridized carbons (Fsp3) is 1.00. The van der Waals surface area contributed by atoms with E-state index in [0.717, 1.165) is 25.9 Å². The highest BCUT2D eigenvalue weighted by Gasteiger charge is 2.08. The first-order valence-electron chi connectivity index (χ1n) is 7.00. The molecule has 0 radical (unpaired) electrons. The van der Waals surface area contributed by atoms with Gasteiger partial charge in [0.1, 0.15) is 0 Å². The Balaban J connectivity index is 3.45. The second kappa shape index (κ2) is 11.4. The van der Waals surface area contributed by atoms with Gasteiger partial charge < -0.3 is 9.84 Å². The topological polar surface area (TPSA) is 29.5 Å². The van der Waals surface area contributed by atoms with Crippen LogP contribution in [0.3, 0.4) is 0 Å². The van der Waals surface area contributed by atoms with E-state index in [1.165, 1.54) is 25.7 Å². The van der Waals surface area contributed by atoms with E-state index in [-0.39, 0.29) is 6.10 Å². The minimum Gasteiger partial charge on any atom is -0.391 e. The minimum absolute atomic E-state index is 0.261. The highest BCUT2D eigenvalue weighted by atomic mass is 16.5. The molecule has 2 heteroatoms. The van der Waals surface area contributed by atoms with Crippen molar-refractivity contribution >= 4 is 0 Å². The summed E-state index contributed by atoms with van der Waals surface area (Å²) in [7, 11) is 0. The summed E-state index contributed by atoms with van der Waals surface area (Å²) in [5.74, 6) is 0.679. The molecular formula is C14H30O2. The van der Waals surface area contributed by atoms with Gasteiger partial charge in [0, 0.05) is 6.61 Å². The van der Waals surface area contributed by atoms with E-state index in [9.17, 15) is 5.11 Å². The van der Waals surface area contributed by atoms with Gasteiger partial charge in [-0.15, -0.1) is 0 Å². The van der Waals surface area contributed by atoms with E-state index < -0.39 is 0 Å². The van der Waals surface area contributed by atoms with Gasteiger partial charge in [-0.05, 0) is 18.8 Å². The quantitative estimate of drug-likeness (QED) is 0.585. The standard InChI is InChI=1S/C14H30O2/c1-4-7-9-13(6-3)11-16-12-14(15)10-8-5-2/h13-15H,4-12H2,1-3H3. The molecule has 0 aromatic heterocycles. The molecule has 16 heavy (non-hydrogen) atoms. The van der Waals surface area contributed by atoms with Crippen LogP contribution in [-0.2, 0) is 4.74 Å². The van der Waals surface area contributed by atoms with Crippen molar-refractivity contribution < 1.29 is 9.84 Å². The molecule has 0 aliphatic rings. The van der Waals surface area contributed by atoms with Gasteiger partial charge in [0.15, 0.2) is 0 Å². The second-order valence-electron chi connectivity index (χ2n) is 4.75. The Morgan fingerprint density at radius 3 is 2.12 bits per heavy atom. The third kappa shape index (κ3) is 9.17. The van der Waals surface area contributed by atoms with Crippen molar-refractivity contribution in [1.82, 2.24) is 0 Å². The van der Waals surface area contributed by atoms with E-state index >= 15 is 0 Å². The summed E-state index contributed by atoms with van der Waals surface area (Å²) < 4.78 is 5.59. The zero-order chi connectivity index (χ0) is 12.2. The maximum absolute atomic E-state index is 9.62. The SMILES string of the molecule is CCCCC(O)COCC(CC)CCCC. The number of unbranched alkanes of at least 4 members (excludes halogenated alkanes) is 2. The predicted molar refractivity (Wildman–Crippen MR) is 69.7 cm³/mol. The van der Waals surface area contributed by atoms with Gasteiger partial charge in [-0.3, -0.25) is 0 Å². The fourth-order valence-electron chi connectivity index (χ4n) is 1.79. The van der Waals surface area contributed by atoms with Crippen molar-refractivity contribution in [2.75, 3.05) is 13.2 Å². The molecule has 0 saturated carbocycles. The zero-order valence-electron chi connectivity index (χ0n) is 11.4. The van der Waals surface area contributed by atoms with Crippen LogP contribution in [0.1, 0.15) is 65.7 Å². The Morgan fingerprint density at radius 1 is 0.938 bits per heavy atom. The van der Waals surface area contributed by atoms with E-state index in [2.05, 4.69) is 20.8 Å². The van der Waals surface area contributed by atoms with Crippen LogP contribution in [0.4, 0.5) is 0 Å². The molecule has 2 unspecified atom stereocenters. The van der Waals surface area contributed by atoms with Crippen LogP contribution in [0.5, 0.6) is 0 Å². The molecular weight excluding hydrogens is 200 g/mol. The summed E-state index contributed by atoms with van der Waals surface area (Å²) in [6.45, 7) is 7.92. The number of aliphatic hydroxyl groups is 1. The lowest BCUT2D eigenvalue weighted by Gasteiger charge is -2.16. The Kier molecular flexibility index (Phi) is 11.3. The molecule has 2 atom stereocenters. The van der Waals surface area contributed by atoms with Crippen LogP contribution in [0.25, 0.3) is 0 Å². The molecule has 0 aromatic carbocycles. The third-order valence-electron chi connectivity index (χ3n) is 3.10. The molecule has 0 aliphatic carbocycles. The largest absolute Gasteiger partial charge is 0.391 e. The third-order valence-corrected chi connectivity index (χ3v) is 3.10. The number of rotatable bonds is 11. The lowest BCUT2D eigenvalue weighted by atomic mass is 10.0. The van der Waals surface area contributed by atoms with Crippen LogP contribution in [-0.4, -0.2) is 24.4 Å². The van der Waals surface area contributed by atoms with Gasteiger partial charge >= 0.3 is 0 Å². The first-order valence-corrected chi connectivity index (χ1v) is 7.00. The molecule has 0 aliphatic heterocycles. The Bertz CT molecular complexity index is 137. The Labute approximate surface area is 101 Å². The van der Waals surface area contributed by atoms with Crippen molar-refractivity contribution in [2.45, 2.75) is 71.8 Å². The monoisotopic (exact) mass is 230 g/mol. The van der Waals surface area contributed by atoms with Crippen LogP contribution in [0.2, 0.25) is 0 Å². The predicted octanol–water partition coefficient (Wildman–Crippen LogP) is 3.77. The van der Waals surface area contributed by atoms with E-state index in [1.54, 1.807) is 0 Å². The second-order valence-corrected chi connectivity index (χ2v) is 4.75. The summed E-state index contributed by atoms with van der Waals surface area (Å²) >= 11 is 0. The molecule has 0 bridgehead atoms. The summed E-state index contributed by atoms with van der Waals surface area (Å²) in [5, 5.41) is 9.62. The summed E-state index contributed by atoms with van der Waals surface area (Å²) in [6.07, 6.45) is 7.85. The molecule has 1 N–H and O–H groups in total. The highest BCUT2D eigenvalue weighted by molar-refractivity contribution is 4.58. The number of hydrogen-bond acceptors (Lipinski definition) is 2. The molecule has 98 valence electrons. The van der Waals surface area contributed by atoms with Crippen LogP contribution in [0.15, 0.2) is 0 Å². The van der Waals surface area contributed by atoms with Gasteiger partial charge in [0.25, 0.3) is 0 Å². The number of aliphatic hydroxyl groups excluding tert-OH is 1. The zero-order valence-corrected chi connectivity index (χ0v) is 11.4. The molecule has 0 amide bonds. The smallest absolute Gasteiger partial charge is 0.0773 e. The van der Waals surface area contributed by atoms with E-state index in [1.807, 2.05) is 0 Å². The van der Waals surface area contributed by atoms with Gasteiger partial charge in [0.05, 0.1) is 12.7 Å². The highest BCUT2D eigenvalue weighted by Crippen LogP contribution is 2.13. The molecule has 0 rings (SSSR count). The van der Waals surface area contributed by atoms with E-state index in [4.69, 9.17) is 4.74 Å². The summed E-state index contributed by atoms with van der Waals surface area (Å²) in [6, 6.07) is 0. The van der Waals surface area contributed by atoms with Crippen molar-refractivity contribution in [2.24, 2.45) is 5.92 Å². The van der Waals surface area contributed by atoms with Crippen LogP contribution < -0.4 is 0 Å². The van der Waals surface area contributed by atoms with Gasteiger partial charge in [-0.2, -0.15) is 0 Å². The first-order chi connectivity index (χ1) is 7.74. The lowest BCUT2D eigenvalue weighted by Crippen LogP contribution is -2.18. The minimum atomic E-state index is -0.261. The lowest BCUT2D eigenvalue weighted by molar-refractivity contribution is 0.0147. The van der Waals surface area contributed by atoms with Crippen molar-refractivity contribution in [1.29, 1.82) is 0 Å². The van der Waals surface area contributed by atoms with Crippen molar-refractivity contribution in [3.63, 3.8) is 0 Å². The number of hydrogen-bond donors (Lipinski definition) is 1. The molecule has 0 saturated heterocycles. The van der Waals surface area contributed by atoms with Crippen molar-refractivity contribution in [3.8, 4) is 0 Å². The molecule has 0 aromatic rings. The van der Waals surface area contributed by atoms with Gasteiger partial charge in [-0.1, -0.05) is 52.9 Å². The average Bonchev–Trinajstić information content (AvgIpc) is 2.30. The Hall–Kier alpha value is -0.0800. The first kappa shape index (κ1) is 15.9. The molecule has 0 spiro atoms. The van der Waals surface area contributed by atoms with Gasteiger partial charge in [-0.25, -0.2) is 0 Å². The molecule has 2 nitrogen and oxygen atoms in total. The van der Waals surface area contributed by atoms with Crippen molar-refractivity contribution in [3.05, 3.63) is 0 Å². The van der Waals surface area contributed by atoms with Gasteiger partial charge in [0.2, 0.25) is 0 Å². The molecule has 0 fully saturated rings.